The number of hydrogen-bond donors (Lipinski definition) is 1. The van der Waals surface area contributed by atoms with Gasteiger partial charge in [-0.1, -0.05) is 6.92 Å². The van der Waals surface area contributed by atoms with Crippen molar-refractivity contribution in [3.8, 4) is 5.75 Å². The van der Waals surface area contributed by atoms with Crippen molar-refractivity contribution >= 4 is 9.84 Å². The molecule has 0 spiro atoms. The van der Waals surface area contributed by atoms with E-state index in [4.69, 9.17) is 4.74 Å². The van der Waals surface area contributed by atoms with Gasteiger partial charge in [0.15, 0.2) is 0 Å². The quantitative estimate of drug-likeness (QED) is 0.703. The second-order valence-electron chi connectivity index (χ2n) is 4.91. The van der Waals surface area contributed by atoms with Crippen LogP contribution in [0.5, 0.6) is 5.75 Å². The summed E-state index contributed by atoms with van der Waals surface area (Å²) in [6.45, 7) is 6.04. The van der Waals surface area contributed by atoms with Crippen LogP contribution in [0.1, 0.15) is 31.2 Å². The van der Waals surface area contributed by atoms with Crippen molar-refractivity contribution in [3.05, 3.63) is 23.5 Å². The van der Waals surface area contributed by atoms with E-state index < -0.39 is 9.84 Å². The Hall–Kier alpha value is -1.14. The largest absolute Gasteiger partial charge is 0.492 e. The van der Waals surface area contributed by atoms with E-state index in [1.54, 1.807) is 0 Å². The Morgan fingerprint density at radius 3 is 2.75 bits per heavy atom. The molecule has 1 aromatic heterocycles. The fraction of sp³-hybridized carbons (Fsp3) is 0.643. The van der Waals surface area contributed by atoms with Gasteiger partial charge in [0.25, 0.3) is 0 Å². The summed E-state index contributed by atoms with van der Waals surface area (Å²) in [5.41, 5.74) is 1.82. The van der Waals surface area contributed by atoms with Gasteiger partial charge in [-0.05, 0) is 38.4 Å². The summed E-state index contributed by atoms with van der Waals surface area (Å²) in [5, 5.41) is 3.30. The summed E-state index contributed by atoms with van der Waals surface area (Å²) in [6, 6.07) is 3.79. The Morgan fingerprint density at radius 2 is 2.10 bits per heavy atom. The number of ether oxygens (including phenoxy) is 1. The minimum atomic E-state index is -2.92. The lowest BCUT2D eigenvalue weighted by atomic mass is 10.2. The lowest BCUT2D eigenvalue weighted by Gasteiger charge is -2.12. The van der Waals surface area contributed by atoms with Crippen LogP contribution in [0.25, 0.3) is 0 Å². The molecule has 0 aliphatic heterocycles. The monoisotopic (exact) mass is 300 g/mol. The van der Waals surface area contributed by atoms with Crippen molar-refractivity contribution in [2.24, 2.45) is 0 Å². The zero-order valence-corrected chi connectivity index (χ0v) is 13.3. The molecule has 0 aliphatic rings. The molecule has 1 heterocycles. The number of rotatable bonds is 9. The van der Waals surface area contributed by atoms with Gasteiger partial charge < -0.3 is 10.1 Å². The minimum Gasteiger partial charge on any atom is -0.492 e. The molecule has 0 bridgehead atoms. The van der Waals surface area contributed by atoms with Crippen molar-refractivity contribution in [2.75, 3.05) is 25.2 Å². The highest BCUT2D eigenvalue weighted by Crippen LogP contribution is 2.17. The Balaban J connectivity index is 2.55. The van der Waals surface area contributed by atoms with Crippen LogP contribution in [0.3, 0.4) is 0 Å². The van der Waals surface area contributed by atoms with Gasteiger partial charge in [-0.3, -0.25) is 4.98 Å². The Morgan fingerprint density at radius 1 is 1.35 bits per heavy atom. The number of aromatic nitrogens is 1. The number of nitrogens with zero attached hydrogens (tertiary/aromatic N) is 1. The zero-order chi connectivity index (χ0) is 15.0. The normalized spacial score (nSPS) is 11.6. The highest BCUT2D eigenvalue weighted by atomic mass is 32.2. The van der Waals surface area contributed by atoms with Gasteiger partial charge in [-0.15, -0.1) is 0 Å². The molecule has 0 unspecified atom stereocenters. The molecule has 0 atom stereocenters. The summed E-state index contributed by atoms with van der Waals surface area (Å²) in [6.07, 6.45) is 2.80. The summed E-state index contributed by atoms with van der Waals surface area (Å²) in [4.78, 5) is 4.47. The molecule has 0 aliphatic carbocycles. The summed E-state index contributed by atoms with van der Waals surface area (Å²) >= 11 is 0. The molecule has 1 rings (SSSR count). The average molecular weight is 300 g/mol. The predicted molar refractivity (Wildman–Crippen MR) is 80.8 cm³/mol. The molecule has 5 nitrogen and oxygen atoms in total. The van der Waals surface area contributed by atoms with Crippen molar-refractivity contribution < 1.29 is 13.2 Å². The topological polar surface area (TPSA) is 68.3 Å². The lowest BCUT2D eigenvalue weighted by molar-refractivity contribution is 0.311. The molecule has 1 N–H and O–H groups in total. The van der Waals surface area contributed by atoms with Crippen LogP contribution >= 0.6 is 0 Å². The maximum Gasteiger partial charge on any atom is 0.147 e. The Labute approximate surface area is 121 Å². The SMILES string of the molecule is CCCNCc1nc(C)ccc1OCCCS(C)(=O)=O. The lowest BCUT2D eigenvalue weighted by Crippen LogP contribution is -2.16. The number of hydrogen-bond acceptors (Lipinski definition) is 5. The number of sulfone groups is 1. The molecule has 114 valence electrons. The van der Waals surface area contributed by atoms with E-state index in [9.17, 15) is 8.42 Å². The highest BCUT2D eigenvalue weighted by molar-refractivity contribution is 7.90. The van der Waals surface area contributed by atoms with E-state index in [-0.39, 0.29) is 5.75 Å². The van der Waals surface area contributed by atoms with Gasteiger partial charge in [-0.25, -0.2) is 8.42 Å². The fourth-order valence-electron chi connectivity index (χ4n) is 1.74. The smallest absolute Gasteiger partial charge is 0.147 e. The first-order valence-corrected chi connectivity index (χ1v) is 8.96. The van der Waals surface area contributed by atoms with E-state index in [0.717, 1.165) is 30.1 Å². The van der Waals surface area contributed by atoms with E-state index in [1.807, 2.05) is 19.1 Å². The first-order valence-electron chi connectivity index (χ1n) is 6.90. The molecule has 0 saturated carbocycles. The van der Waals surface area contributed by atoms with Crippen LogP contribution in [0.15, 0.2) is 12.1 Å². The van der Waals surface area contributed by atoms with Crippen molar-refractivity contribution in [2.45, 2.75) is 33.2 Å². The van der Waals surface area contributed by atoms with Gasteiger partial charge in [0, 0.05) is 18.5 Å². The second-order valence-corrected chi connectivity index (χ2v) is 7.17. The molecular formula is C14H24N2O3S. The maximum absolute atomic E-state index is 11.1. The molecular weight excluding hydrogens is 276 g/mol. The second kappa shape index (κ2) is 8.21. The van der Waals surface area contributed by atoms with Gasteiger partial charge in [0.05, 0.1) is 18.1 Å². The summed E-state index contributed by atoms with van der Waals surface area (Å²) < 4.78 is 27.8. The van der Waals surface area contributed by atoms with Crippen molar-refractivity contribution in [1.82, 2.24) is 10.3 Å². The maximum atomic E-state index is 11.1. The van der Waals surface area contributed by atoms with Crippen LogP contribution < -0.4 is 10.1 Å². The molecule has 1 aromatic rings. The zero-order valence-electron chi connectivity index (χ0n) is 12.5. The molecule has 6 heteroatoms. The molecule has 0 saturated heterocycles. The van der Waals surface area contributed by atoms with Gasteiger partial charge in [0.2, 0.25) is 0 Å². The van der Waals surface area contributed by atoms with Crippen LogP contribution in [0.4, 0.5) is 0 Å². The predicted octanol–water partition coefficient (Wildman–Crippen LogP) is 1.70. The first kappa shape index (κ1) is 16.9. The molecule has 0 aromatic carbocycles. The van der Waals surface area contributed by atoms with Crippen molar-refractivity contribution in [3.63, 3.8) is 0 Å². The van der Waals surface area contributed by atoms with Gasteiger partial charge in [-0.2, -0.15) is 0 Å². The first-order chi connectivity index (χ1) is 9.42. The summed E-state index contributed by atoms with van der Waals surface area (Å²) in [5.74, 6) is 0.878. The highest BCUT2D eigenvalue weighted by Gasteiger charge is 2.07. The van der Waals surface area contributed by atoms with Crippen LogP contribution in [-0.4, -0.2) is 38.6 Å². The average Bonchev–Trinajstić information content (AvgIpc) is 2.36. The molecule has 20 heavy (non-hydrogen) atoms. The molecule has 0 radical (unpaired) electrons. The Kier molecular flexibility index (Phi) is 6.95. The van der Waals surface area contributed by atoms with Gasteiger partial charge >= 0.3 is 0 Å². The third kappa shape index (κ3) is 6.86. The number of pyridine rings is 1. The standard InChI is InChI=1S/C14H24N2O3S/c1-4-8-15-11-13-14(7-6-12(2)16-13)19-9-5-10-20(3,17)18/h6-7,15H,4-5,8-11H2,1-3H3. The Bertz CT molecular complexity index is 515. The summed E-state index contributed by atoms with van der Waals surface area (Å²) in [7, 11) is -2.92. The third-order valence-corrected chi connectivity index (χ3v) is 3.74. The van der Waals surface area contributed by atoms with Crippen molar-refractivity contribution in [1.29, 1.82) is 0 Å². The minimum absolute atomic E-state index is 0.149. The van der Waals surface area contributed by atoms with E-state index in [0.29, 0.717) is 19.6 Å². The molecule has 0 fully saturated rings. The van der Waals surface area contributed by atoms with Crippen LogP contribution in [0, 0.1) is 6.92 Å². The van der Waals surface area contributed by atoms with Crippen LogP contribution in [0.2, 0.25) is 0 Å². The van der Waals surface area contributed by atoms with E-state index in [2.05, 4.69) is 17.2 Å². The van der Waals surface area contributed by atoms with Crippen LogP contribution in [-0.2, 0) is 16.4 Å². The number of aryl methyl sites for hydroxylation is 1. The number of nitrogens with one attached hydrogen (secondary N) is 1. The fourth-order valence-corrected chi connectivity index (χ4v) is 2.38. The molecule has 0 amide bonds. The van der Waals surface area contributed by atoms with Gasteiger partial charge in [0.1, 0.15) is 15.6 Å². The van der Waals surface area contributed by atoms with E-state index in [1.165, 1.54) is 6.26 Å². The third-order valence-electron chi connectivity index (χ3n) is 2.71. The van der Waals surface area contributed by atoms with E-state index >= 15 is 0 Å².